The van der Waals surface area contributed by atoms with E-state index in [1.165, 1.54) is 0 Å². The van der Waals surface area contributed by atoms with Gasteiger partial charge in [0.15, 0.2) is 11.1 Å². The van der Waals surface area contributed by atoms with Gasteiger partial charge in [0, 0.05) is 0 Å². The van der Waals surface area contributed by atoms with Gasteiger partial charge in [-0.25, -0.2) is 4.21 Å². The van der Waals surface area contributed by atoms with Gasteiger partial charge in [-0.05, 0) is 12.1 Å². The zero-order chi connectivity index (χ0) is 6.69. The van der Waals surface area contributed by atoms with Gasteiger partial charge < -0.3 is 5.98 Å². The molecule has 0 bridgehead atoms. The number of hydrogen-bond donors (Lipinski definition) is 1. The van der Waals surface area contributed by atoms with Crippen molar-refractivity contribution in [1.82, 2.24) is 0 Å². The Bertz CT molecular complexity index is 217. The van der Waals surface area contributed by atoms with E-state index >= 15 is 0 Å². The largest absolute Gasteiger partial charge is 1.00 e. The Morgan fingerprint density at radius 3 is 2.10 bits per heavy atom. The van der Waals surface area contributed by atoms with Crippen molar-refractivity contribution in [1.29, 1.82) is 0 Å². The van der Waals surface area contributed by atoms with Gasteiger partial charge in [0.25, 0.3) is 0 Å². The van der Waals surface area contributed by atoms with Crippen LogP contribution in [-0.4, -0.2) is 8.76 Å². The number of hydrogen-bond acceptors (Lipinski definition) is 1. The standard InChI is InChI=1S/C6H6O2S.K.H/c7-9(8)6-4-2-1-3-5-6;;/h1-5H,(H,7,8);;/q;+1;-1. The second-order valence-electron chi connectivity index (χ2n) is 1.56. The minimum atomic E-state index is -1.83. The minimum Gasteiger partial charge on any atom is -1.00 e. The van der Waals surface area contributed by atoms with Gasteiger partial charge in [-0.15, -0.1) is 0 Å². The fourth-order valence-electron chi connectivity index (χ4n) is 0.537. The first-order valence-corrected chi connectivity index (χ1v) is 3.57. The molecule has 0 aliphatic rings. The summed E-state index contributed by atoms with van der Waals surface area (Å²) in [6.45, 7) is 0. The van der Waals surface area contributed by atoms with E-state index in [1.807, 2.05) is 0 Å². The molecule has 50 valence electrons. The minimum absolute atomic E-state index is 0. The Morgan fingerprint density at radius 2 is 1.80 bits per heavy atom. The molecule has 0 saturated carbocycles. The van der Waals surface area contributed by atoms with Gasteiger partial charge in [0.2, 0.25) is 0 Å². The van der Waals surface area contributed by atoms with E-state index in [1.54, 1.807) is 30.3 Å². The van der Waals surface area contributed by atoms with Crippen LogP contribution in [0.2, 0.25) is 0 Å². The molecular formula is C6H7KO2S. The van der Waals surface area contributed by atoms with E-state index in [2.05, 4.69) is 0 Å². The van der Waals surface area contributed by atoms with Crippen molar-refractivity contribution in [3.8, 4) is 0 Å². The molecule has 1 N–H and O–H groups in total. The molecule has 1 atom stereocenters. The maximum atomic E-state index is 10.3. The van der Waals surface area contributed by atoms with E-state index in [4.69, 9.17) is 4.55 Å². The third-order valence-electron chi connectivity index (χ3n) is 0.945. The van der Waals surface area contributed by atoms with Gasteiger partial charge in [-0.2, -0.15) is 0 Å². The van der Waals surface area contributed by atoms with Crippen LogP contribution in [0.4, 0.5) is 0 Å². The maximum absolute atomic E-state index is 10.3. The molecule has 1 rings (SSSR count). The molecule has 0 saturated heterocycles. The molecule has 1 unspecified atom stereocenters. The van der Waals surface area contributed by atoms with Crippen LogP contribution in [0.1, 0.15) is 1.43 Å². The summed E-state index contributed by atoms with van der Waals surface area (Å²) in [5.41, 5.74) is 0. The Labute approximate surface area is 106 Å². The first-order chi connectivity index (χ1) is 4.30. The van der Waals surface area contributed by atoms with Gasteiger partial charge in [-0.3, -0.25) is 0 Å². The van der Waals surface area contributed by atoms with Crippen LogP contribution in [0.3, 0.4) is 0 Å². The molecule has 0 aliphatic heterocycles. The Hall–Kier alpha value is 0.966. The quantitative estimate of drug-likeness (QED) is 0.419. The fourth-order valence-corrected chi connectivity index (χ4v) is 0.927. The summed E-state index contributed by atoms with van der Waals surface area (Å²) in [6, 6.07) is 8.47. The van der Waals surface area contributed by atoms with Crippen molar-refractivity contribution >= 4 is 11.1 Å². The van der Waals surface area contributed by atoms with E-state index < -0.39 is 11.1 Å². The average molecular weight is 182 g/mol. The summed E-state index contributed by atoms with van der Waals surface area (Å²) in [6.07, 6.45) is 0. The maximum Gasteiger partial charge on any atom is 1.00 e. The molecule has 10 heavy (non-hydrogen) atoms. The van der Waals surface area contributed by atoms with Gasteiger partial charge in [-0.1, -0.05) is 18.2 Å². The van der Waals surface area contributed by atoms with E-state index in [0.717, 1.165) is 0 Å². The normalized spacial score (nSPS) is 11.7. The molecule has 1 aromatic rings. The number of rotatable bonds is 1. The van der Waals surface area contributed by atoms with Crippen molar-refractivity contribution in [3.63, 3.8) is 0 Å². The molecule has 0 amide bonds. The molecule has 0 radical (unpaired) electrons. The van der Waals surface area contributed by atoms with E-state index in [9.17, 15) is 4.21 Å². The SMILES string of the molecule is O=S(O)c1ccccc1.[H-].[K+]. The third-order valence-corrected chi connectivity index (χ3v) is 1.62. The van der Waals surface area contributed by atoms with Crippen LogP contribution < -0.4 is 51.4 Å². The fraction of sp³-hybridized carbons (Fsp3) is 0. The predicted octanol–water partition coefficient (Wildman–Crippen LogP) is -1.62. The molecule has 0 aliphatic carbocycles. The molecule has 1 aromatic carbocycles. The molecular weight excluding hydrogens is 175 g/mol. The van der Waals surface area contributed by atoms with Crippen molar-refractivity contribution in [3.05, 3.63) is 30.3 Å². The summed E-state index contributed by atoms with van der Waals surface area (Å²) in [4.78, 5) is 0.442. The summed E-state index contributed by atoms with van der Waals surface area (Å²) in [5.74, 6) is 0. The van der Waals surface area contributed by atoms with Crippen LogP contribution in [0.25, 0.3) is 0 Å². The van der Waals surface area contributed by atoms with Crippen LogP contribution in [0.5, 0.6) is 0 Å². The summed E-state index contributed by atoms with van der Waals surface area (Å²) in [5, 5.41) is 0. The monoisotopic (exact) mass is 182 g/mol. The average Bonchev–Trinajstić information content (AvgIpc) is 1.90. The smallest absolute Gasteiger partial charge is 1.00 e. The molecule has 4 heteroatoms. The second-order valence-corrected chi connectivity index (χ2v) is 2.53. The van der Waals surface area contributed by atoms with Crippen LogP contribution in [-0.2, 0) is 11.1 Å². The van der Waals surface area contributed by atoms with Crippen LogP contribution in [0, 0.1) is 0 Å². The first kappa shape index (κ1) is 11.0. The number of benzene rings is 1. The zero-order valence-corrected chi connectivity index (χ0v) is 9.59. The van der Waals surface area contributed by atoms with Crippen molar-refractivity contribution in [2.24, 2.45) is 0 Å². The topological polar surface area (TPSA) is 37.3 Å². The summed E-state index contributed by atoms with van der Waals surface area (Å²) >= 11 is -1.83. The molecule has 0 aromatic heterocycles. The van der Waals surface area contributed by atoms with E-state index in [-0.39, 0.29) is 52.8 Å². The molecule has 0 fully saturated rings. The zero-order valence-electron chi connectivity index (χ0n) is 6.65. The Morgan fingerprint density at radius 1 is 1.30 bits per heavy atom. The van der Waals surface area contributed by atoms with Crippen molar-refractivity contribution < 1.29 is 61.6 Å². The Balaban J connectivity index is 0. The van der Waals surface area contributed by atoms with Crippen molar-refractivity contribution in [2.75, 3.05) is 0 Å². The van der Waals surface area contributed by atoms with Gasteiger partial charge >= 0.3 is 51.4 Å². The summed E-state index contributed by atoms with van der Waals surface area (Å²) < 4.78 is 18.8. The second kappa shape index (κ2) is 5.60. The predicted molar refractivity (Wildman–Crippen MR) is 36.6 cm³/mol. The van der Waals surface area contributed by atoms with E-state index in [0.29, 0.717) is 4.90 Å². The summed E-state index contributed by atoms with van der Waals surface area (Å²) in [7, 11) is 0. The molecule has 2 nitrogen and oxygen atoms in total. The van der Waals surface area contributed by atoms with Crippen molar-refractivity contribution in [2.45, 2.75) is 4.90 Å². The van der Waals surface area contributed by atoms with Crippen LogP contribution >= 0.6 is 0 Å². The Kier molecular flexibility index (Phi) is 6.14. The third kappa shape index (κ3) is 3.38. The molecule has 0 heterocycles. The van der Waals surface area contributed by atoms with Gasteiger partial charge in [0.1, 0.15) is 0 Å². The first-order valence-electron chi connectivity index (χ1n) is 2.46. The van der Waals surface area contributed by atoms with Crippen LogP contribution in [0.15, 0.2) is 35.2 Å². The molecule has 0 spiro atoms. The van der Waals surface area contributed by atoms with Gasteiger partial charge in [0.05, 0.1) is 4.90 Å².